The minimum Gasteiger partial charge on any atom is -0.493 e. The van der Waals surface area contributed by atoms with Crippen LogP contribution in [0.3, 0.4) is 0 Å². The van der Waals surface area contributed by atoms with E-state index in [9.17, 15) is 9.59 Å². The van der Waals surface area contributed by atoms with Crippen LogP contribution in [0.25, 0.3) is 0 Å². The number of carbonyl (C=O) groups is 2. The number of rotatable bonds is 8. The van der Waals surface area contributed by atoms with Gasteiger partial charge in [0.25, 0.3) is 11.8 Å². The fourth-order valence-electron chi connectivity index (χ4n) is 2.48. The van der Waals surface area contributed by atoms with Crippen molar-refractivity contribution < 1.29 is 23.8 Å². The lowest BCUT2D eigenvalue weighted by Crippen LogP contribution is -2.34. The lowest BCUT2D eigenvalue weighted by molar-refractivity contribution is -0.120. The average Bonchev–Trinajstić information content (AvgIpc) is 3.19. The van der Waals surface area contributed by atoms with E-state index in [-0.39, 0.29) is 13.3 Å². The van der Waals surface area contributed by atoms with Gasteiger partial charge in [0.05, 0.1) is 19.4 Å². The third kappa shape index (κ3) is 5.71. The number of fused-ring (bicyclic) bond motifs is 1. The van der Waals surface area contributed by atoms with Crippen LogP contribution in [-0.2, 0) is 4.79 Å². The van der Waals surface area contributed by atoms with Gasteiger partial charge in [0, 0.05) is 15.6 Å². The number of hydrogen-bond donors (Lipinski definition) is 2. The summed E-state index contributed by atoms with van der Waals surface area (Å²) in [6.07, 6.45) is 2.37. The molecule has 0 saturated carbocycles. The fraction of sp³-hybridized carbons (Fsp3) is 0.250. The van der Waals surface area contributed by atoms with Crippen LogP contribution < -0.4 is 25.0 Å². The van der Waals surface area contributed by atoms with Crippen LogP contribution in [0.1, 0.15) is 29.3 Å². The fourth-order valence-corrected chi connectivity index (χ4v) is 2.86. The van der Waals surface area contributed by atoms with Crippen molar-refractivity contribution in [1.29, 1.82) is 0 Å². The number of hydrogen-bond acceptors (Lipinski definition) is 6. The van der Waals surface area contributed by atoms with Crippen LogP contribution in [0, 0.1) is 0 Å². The van der Waals surface area contributed by atoms with E-state index in [0.29, 0.717) is 29.4 Å². The lowest BCUT2D eigenvalue weighted by Gasteiger charge is -2.08. The van der Waals surface area contributed by atoms with Gasteiger partial charge in [0.1, 0.15) is 5.75 Å². The number of benzene rings is 2. The molecule has 8 nitrogen and oxygen atoms in total. The highest BCUT2D eigenvalue weighted by Crippen LogP contribution is 2.32. The highest BCUT2D eigenvalue weighted by molar-refractivity contribution is 9.10. The predicted octanol–water partition coefficient (Wildman–Crippen LogP) is 2.85. The molecule has 0 radical (unpaired) electrons. The third-order valence-electron chi connectivity index (χ3n) is 3.87. The van der Waals surface area contributed by atoms with Crippen molar-refractivity contribution in [2.75, 3.05) is 19.9 Å². The topological polar surface area (TPSA) is 98.2 Å². The van der Waals surface area contributed by atoms with Crippen LogP contribution in [0.5, 0.6) is 17.2 Å². The molecule has 0 saturated heterocycles. The number of halogens is 1. The molecule has 0 atom stereocenters. The molecule has 9 heteroatoms. The van der Waals surface area contributed by atoms with Crippen molar-refractivity contribution in [3.8, 4) is 17.2 Å². The van der Waals surface area contributed by atoms with Gasteiger partial charge >= 0.3 is 0 Å². The standard InChI is InChI=1S/C20H20BrN3O5/c1-2-7-27-16-6-4-15(21)8-14(16)10-23-24-19(25)11-22-20(26)13-3-5-17-18(9-13)29-12-28-17/h3-6,8-10H,2,7,11-12H2,1H3,(H,22,26)(H,24,25). The van der Waals surface area contributed by atoms with Crippen LogP contribution in [-0.4, -0.2) is 38.0 Å². The molecule has 0 spiro atoms. The first-order valence-electron chi connectivity index (χ1n) is 8.99. The molecular formula is C20H20BrN3O5. The molecule has 3 rings (SSSR count). The van der Waals surface area contributed by atoms with Crippen molar-refractivity contribution in [2.24, 2.45) is 5.10 Å². The summed E-state index contributed by atoms with van der Waals surface area (Å²) in [5, 5.41) is 6.47. The van der Waals surface area contributed by atoms with E-state index >= 15 is 0 Å². The summed E-state index contributed by atoms with van der Waals surface area (Å²) in [5.41, 5.74) is 3.48. The summed E-state index contributed by atoms with van der Waals surface area (Å²) in [6.45, 7) is 2.51. The summed E-state index contributed by atoms with van der Waals surface area (Å²) >= 11 is 3.40. The molecule has 2 aromatic carbocycles. The Labute approximate surface area is 176 Å². The molecule has 0 unspecified atom stereocenters. The van der Waals surface area contributed by atoms with Gasteiger partial charge in [-0.2, -0.15) is 5.10 Å². The molecule has 0 fully saturated rings. The second-order valence-corrected chi connectivity index (χ2v) is 6.99. The van der Waals surface area contributed by atoms with Gasteiger partial charge in [-0.05, 0) is 42.8 Å². The Morgan fingerprint density at radius 2 is 2.03 bits per heavy atom. The maximum absolute atomic E-state index is 12.2. The molecule has 1 heterocycles. The van der Waals surface area contributed by atoms with E-state index in [2.05, 4.69) is 31.8 Å². The average molecular weight is 462 g/mol. The molecular weight excluding hydrogens is 442 g/mol. The molecule has 1 aliphatic heterocycles. The largest absolute Gasteiger partial charge is 0.493 e. The maximum atomic E-state index is 12.2. The van der Waals surface area contributed by atoms with E-state index in [4.69, 9.17) is 14.2 Å². The smallest absolute Gasteiger partial charge is 0.259 e. The van der Waals surface area contributed by atoms with Gasteiger partial charge < -0.3 is 19.5 Å². The quantitative estimate of drug-likeness (QED) is 0.465. The number of nitrogens with one attached hydrogen (secondary N) is 2. The van der Waals surface area contributed by atoms with Crippen molar-refractivity contribution in [2.45, 2.75) is 13.3 Å². The zero-order valence-electron chi connectivity index (χ0n) is 15.7. The number of ether oxygens (including phenoxy) is 3. The normalized spacial score (nSPS) is 12.1. The minimum absolute atomic E-state index is 0.129. The number of hydrazone groups is 1. The predicted molar refractivity (Wildman–Crippen MR) is 111 cm³/mol. The Balaban J connectivity index is 1.51. The van der Waals surface area contributed by atoms with Crippen LogP contribution >= 0.6 is 15.9 Å². The molecule has 29 heavy (non-hydrogen) atoms. The second kappa shape index (κ2) is 9.92. The summed E-state index contributed by atoms with van der Waals surface area (Å²) in [7, 11) is 0. The zero-order chi connectivity index (χ0) is 20.6. The monoisotopic (exact) mass is 461 g/mol. The van der Waals surface area contributed by atoms with E-state index in [1.54, 1.807) is 18.2 Å². The van der Waals surface area contributed by atoms with Gasteiger partial charge in [-0.1, -0.05) is 22.9 Å². The highest BCUT2D eigenvalue weighted by Gasteiger charge is 2.16. The first-order valence-corrected chi connectivity index (χ1v) is 9.78. The van der Waals surface area contributed by atoms with E-state index in [0.717, 1.165) is 16.5 Å². The number of amides is 2. The SMILES string of the molecule is CCCOc1ccc(Br)cc1C=NNC(=O)CNC(=O)c1ccc2c(c1)OCO2. The van der Waals surface area contributed by atoms with Crippen molar-refractivity contribution in [1.82, 2.24) is 10.7 Å². The van der Waals surface area contributed by atoms with Crippen molar-refractivity contribution >= 4 is 34.0 Å². The molecule has 0 aromatic heterocycles. The van der Waals surface area contributed by atoms with Gasteiger partial charge in [0.15, 0.2) is 11.5 Å². The van der Waals surface area contributed by atoms with Crippen LogP contribution in [0.15, 0.2) is 46.0 Å². The molecule has 2 amide bonds. The van der Waals surface area contributed by atoms with E-state index in [1.807, 2.05) is 25.1 Å². The van der Waals surface area contributed by atoms with Crippen molar-refractivity contribution in [3.05, 3.63) is 52.0 Å². The Morgan fingerprint density at radius 1 is 1.21 bits per heavy atom. The van der Waals surface area contributed by atoms with Crippen LogP contribution in [0.2, 0.25) is 0 Å². The van der Waals surface area contributed by atoms with Crippen molar-refractivity contribution in [3.63, 3.8) is 0 Å². The Morgan fingerprint density at radius 3 is 2.86 bits per heavy atom. The molecule has 2 aromatic rings. The molecule has 0 aliphatic carbocycles. The first-order chi connectivity index (χ1) is 14.1. The molecule has 2 N–H and O–H groups in total. The number of carbonyl (C=O) groups excluding carboxylic acids is 2. The van der Waals surface area contributed by atoms with Gasteiger partial charge in [0.2, 0.25) is 6.79 Å². The minimum atomic E-state index is -0.457. The Hall–Kier alpha value is -3.07. The van der Waals surface area contributed by atoms with E-state index in [1.165, 1.54) is 6.21 Å². The second-order valence-electron chi connectivity index (χ2n) is 6.07. The molecule has 1 aliphatic rings. The van der Waals surface area contributed by atoms with Gasteiger partial charge in [-0.25, -0.2) is 5.43 Å². The Bertz CT molecular complexity index is 932. The summed E-state index contributed by atoms with van der Waals surface area (Å²) < 4.78 is 17.0. The molecule has 152 valence electrons. The molecule has 0 bridgehead atoms. The Kier molecular flexibility index (Phi) is 7.07. The third-order valence-corrected chi connectivity index (χ3v) is 4.36. The summed E-state index contributed by atoms with van der Waals surface area (Å²) in [4.78, 5) is 24.1. The highest BCUT2D eigenvalue weighted by atomic mass is 79.9. The van der Waals surface area contributed by atoms with Gasteiger partial charge in [-0.15, -0.1) is 0 Å². The first kappa shape index (κ1) is 20.7. The zero-order valence-corrected chi connectivity index (χ0v) is 17.3. The maximum Gasteiger partial charge on any atom is 0.259 e. The lowest BCUT2D eigenvalue weighted by atomic mass is 10.2. The van der Waals surface area contributed by atoms with E-state index < -0.39 is 11.8 Å². The number of nitrogens with zero attached hydrogens (tertiary/aromatic N) is 1. The van der Waals surface area contributed by atoms with Gasteiger partial charge in [-0.3, -0.25) is 9.59 Å². The summed E-state index contributed by atoms with van der Waals surface area (Å²) in [5.74, 6) is 0.903. The van der Waals surface area contributed by atoms with Crippen LogP contribution in [0.4, 0.5) is 0 Å². The summed E-state index contributed by atoms with van der Waals surface area (Å²) in [6, 6.07) is 10.4.